The fourth-order valence-corrected chi connectivity index (χ4v) is 1.53. The van der Waals surface area contributed by atoms with Crippen molar-refractivity contribution in [3.63, 3.8) is 0 Å². The first kappa shape index (κ1) is 37.8. The Bertz CT molecular complexity index is 637. The molecule has 4 atom stereocenters. The molecule has 212 valence electrons. The van der Waals surface area contributed by atoms with Gasteiger partial charge in [-0.3, -0.25) is 4.79 Å². The smallest absolute Gasteiger partial charge is 0.347 e. The highest BCUT2D eigenvalue weighted by Crippen LogP contribution is 2.08. The van der Waals surface area contributed by atoms with E-state index in [1.54, 1.807) is 6.92 Å². The van der Waals surface area contributed by atoms with Crippen LogP contribution < -0.4 is 0 Å². The van der Waals surface area contributed by atoms with Crippen LogP contribution in [0.25, 0.3) is 0 Å². The maximum absolute atomic E-state index is 11.2. The molecule has 36 heavy (non-hydrogen) atoms. The van der Waals surface area contributed by atoms with E-state index in [-0.39, 0.29) is 18.5 Å². The summed E-state index contributed by atoms with van der Waals surface area (Å²) in [6, 6.07) is 0. The third-order valence-electron chi connectivity index (χ3n) is 3.49. The lowest BCUT2D eigenvalue weighted by Crippen LogP contribution is -2.40. The minimum absolute atomic E-state index is 0.211. The monoisotopic (exact) mass is 524 g/mol. The van der Waals surface area contributed by atoms with Crippen molar-refractivity contribution < 1.29 is 57.9 Å². The summed E-state index contributed by atoms with van der Waals surface area (Å²) in [5, 5.41) is 17.0. The summed E-state index contributed by atoms with van der Waals surface area (Å²) < 4.78 is 23.1. The molecule has 12 heteroatoms. The molecule has 0 bridgehead atoms. The number of aliphatic hydroxyl groups is 2. The van der Waals surface area contributed by atoms with E-state index in [0.29, 0.717) is 19.1 Å². The third-order valence-corrected chi connectivity index (χ3v) is 3.49. The maximum atomic E-state index is 11.2. The first-order valence-electron chi connectivity index (χ1n) is 11.7. The van der Waals surface area contributed by atoms with Gasteiger partial charge in [-0.05, 0) is 46.5 Å². The lowest BCUT2D eigenvalue weighted by Gasteiger charge is -2.22. The van der Waals surface area contributed by atoms with Crippen LogP contribution in [0.1, 0.15) is 69.2 Å². The van der Waals surface area contributed by atoms with Gasteiger partial charge in [0.25, 0.3) is 0 Å². The van der Waals surface area contributed by atoms with Gasteiger partial charge < -0.3 is 33.9 Å². The van der Waals surface area contributed by atoms with Crippen LogP contribution in [-0.2, 0) is 47.7 Å². The zero-order valence-corrected chi connectivity index (χ0v) is 23.1. The molecule has 0 amide bonds. The quantitative estimate of drug-likeness (QED) is 0.364. The van der Waals surface area contributed by atoms with E-state index < -0.39 is 48.3 Å². The molecule has 12 nitrogen and oxygen atoms in total. The molecule has 1 rings (SSSR count). The molecule has 0 spiro atoms. The SMILES string of the molecule is CC(C)CO.CC(C)COC(=O)C(C)OC(=O)C(C)O.CC1OC(=O)C(C)OC1=O.CCOC(C)=O. The number of carbonyl (C=O) groups excluding carboxylic acids is 5. The summed E-state index contributed by atoms with van der Waals surface area (Å²) in [5.74, 6) is -1.93. The van der Waals surface area contributed by atoms with Gasteiger partial charge >= 0.3 is 29.8 Å². The Kier molecular flexibility index (Phi) is 22.6. The molecule has 0 aliphatic carbocycles. The lowest BCUT2D eigenvalue weighted by atomic mass is 10.2. The standard InChI is InChI=1S/C10H18O5.C6H8O4.C4H8O2.C4H10O/c1-6(2)5-14-10(13)8(4)15-9(12)7(3)11;1-3-5(7)10-4(2)6(8)9-3;1-3-6-4(2)5;1-4(2)3-5/h6-8,11H,5H2,1-4H3;3-4H,1-2H3;3H2,1-2H3;4-5H,3H2,1-2H3. The Morgan fingerprint density at radius 1 is 0.861 bits per heavy atom. The van der Waals surface area contributed by atoms with Gasteiger partial charge in [0.2, 0.25) is 0 Å². The number of hydrogen-bond acceptors (Lipinski definition) is 12. The third kappa shape index (κ3) is 23.0. The second-order valence-electron chi connectivity index (χ2n) is 8.44. The highest BCUT2D eigenvalue weighted by molar-refractivity contribution is 5.86. The van der Waals surface area contributed by atoms with Crippen molar-refractivity contribution in [1.29, 1.82) is 0 Å². The van der Waals surface area contributed by atoms with E-state index in [2.05, 4.69) is 18.9 Å². The Balaban J connectivity index is -0.000000445. The van der Waals surface area contributed by atoms with Crippen LogP contribution in [0, 0.1) is 11.8 Å². The van der Waals surface area contributed by atoms with Crippen molar-refractivity contribution in [1.82, 2.24) is 0 Å². The second-order valence-corrected chi connectivity index (χ2v) is 8.44. The lowest BCUT2D eigenvalue weighted by molar-refractivity contribution is -0.191. The number of rotatable bonds is 7. The fraction of sp³-hybridized carbons (Fsp3) is 0.792. The summed E-state index contributed by atoms with van der Waals surface area (Å²) in [6.45, 7) is 17.6. The molecule has 2 N–H and O–H groups in total. The normalized spacial score (nSPS) is 17.8. The Labute approximate surface area is 213 Å². The van der Waals surface area contributed by atoms with Gasteiger partial charge in [0.1, 0.15) is 6.10 Å². The van der Waals surface area contributed by atoms with E-state index in [1.807, 2.05) is 27.7 Å². The van der Waals surface area contributed by atoms with Crippen LogP contribution in [0.2, 0.25) is 0 Å². The summed E-state index contributed by atoms with van der Waals surface area (Å²) >= 11 is 0. The van der Waals surface area contributed by atoms with Gasteiger partial charge in [0, 0.05) is 13.5 Å². The number of hydrogen-bond donors (Lipinski definition) is 2. The predicted octanol–water partition coefficient (Wildman–Crippen LogP) is 1.57. The van der Waals surface area contributed by atoms with Gasteiger partial charge in [-0.25, -0.2) is 19.2 Å². The number of carbonyl (C=O) groups is 5. The van der Waals surface area contributed by atoms with Crippen molar-refractivity contribution >= 4 is 29.8 Å². The molecule has 1 fully saturated rings. The fourth-order valence-electron chi connectivity index (χ4n) is 1.53. The molecule has 0 aromatic heterocycles. The molecule has 1 aliphatic heterocycles. The minimum Gasteiger partial charge on any atom is -0.466 e. The first-order valence-corrected chi connectivity index (χ1v) is 11.7. The number of cyclic esters (lactones) is 2. The second kappa shape index (κ2) is 21.5. The highest BCUT2D eigenvalue weighted by atomic mass is 16.6. The van der Waals surface area contributed by atoms with Gasteiger partial charge in [-0.2, -0.15) is 0 Å². The summed E-state index contributed by atoms with van der Waals surface area (Å²) in [5.41, 5.74) is 0. The van der Waals surface area contributed by atoms with Crippen LogP contribution in [0.4, 0.5) is 0 Å². The molecule has 0 radical (unpaired) electrons. The van der Waals surface area contributed by atoms with Crippen molar-refractivity contribution in [2.75, 3.05) is 19.8 Å². The Hall–Kier alpha value is -2.73. The van der Waals surface area contributed by atoms with Crippen molar-refractivity contribution in [2.45, 2.75) is 93.7 Å². The van der Waals surface area contributed by atoms with Crippen LogP contribution in [0.5, 0.6) is 0 Å². The van der Waals surface area contributed by atoms with Crippen molar-refractivity contribution in [2.24, 2.45) is 11.8 Å². The van der Waals surface area contributed by atoms with Gasteiger partial charge in [-0.15, -0.1) is 0 Å². The van der Waals surface area contributed by atoms with E-state index in [1.165, 1.54) is 34.6 Å². The Morgan fingerprint density at radius 3 is 1.53 bits per heavy atom. The van der Waals surface area contributed by atoms with Crippen molar-refractivity contribution in [3.05, 3.63) is 0 Å². The molecular formula is C24H44O12. The molecular weight excluding hydrogens is 480 g/mol. The minimum atomic E-state index is -1.23. The van der Waals surface area contributed by atoms with Crippen LogP contribution in [0.3, 0.4) is 0 Å². The Morgan fingerprint density at radius 2 is 1.28 bits per heavy atom. The maximum Gasteiger partial charge on any atom is 0.347 e. The molecule has 4 unspecified atom stereocenters. The predicted molar refractivity (Wildman–Crippen MR) is 128 cm³/mol. The van der Waals surface area contributed by atoms with E-state index in [9.17, 15) is 24.0 Å². The van der Waals surface area contributed by atoms with Crippen LogP contribution in [-0.4, -0.2) is 84.3 Å². The average molecular weight is 525 g/mol. The highest BCUT2D eigenvalue weighted by Gasteiger charge is 2.32. The van der Waals surface area contributed by atoms with Crippen molar-refractivity contribution in [3.8, 4) is 0 Å². The average Bonchev–Trinajstić information content (AvgIpc) is 2.77. The zero-order chi connectivity index (χ0) is 29.0. The van der Waals surface area contributed by atoms with E-state index in [4.69, 9.17) is 14.9 Å². The number of ether oxygens (including phenoxy) is 5. The number of aliphatic hydroxyl groups excluding tert-OH is 2. The first-order chi connectivity index (χ1) is 16.5. The summed E-state index contributed by atoms with van der Waals surface area (Å²) in [7, 11) is 0. The van der Waals surface area contributed by atoms with Gasteiger partial charge in [-0.1, -0.05) is 27.7 Å². The number of esters is 5. The molecule has 1 heterocycles. The zero-order valence-electron chi connectivity index (χ0n) is 23.1. The van der Waals surface area contributed by atoms with E-state index >= 15 is 0 Å². The molecule has 0 aromatic rings. The van der Waals surface area contributed by atoms with Crippen LogP contribution >= 0.6 is 0 Å². The summed E-state index contributed by atoms with van der Waals surface area (Å²) in [6.07, 6.45) is -3.71. The largest absolute Gasteiger partial charge is 0.466 e. The van der Waals surface area contributed by atoms with Gasteiger partial charge in [0.15, 0.2) is 18.3 Å². The molecule has 0 aromatic carbocycles. The van der Waals surface area contributed by atoms with Crippen LogP contribution in [0.15, 0.2) is 0 Å². The topological polar surface area (TPSA) is 172 Å². The molecule has 0 saturated carbocycles. The summed E-state index contributed by atoms with van der Waals surface area (Å²) in [4.78, 5) is 53.3. The van der Waals surface area contributed by atoms with Gasteiger partial charge in [0.05, 0.1) is 13.2 Å². The molecule has 1 aliphatic rings. The van der Waals surface area contributed by atoms with E-state index in [0.717, 1.165) is 0 Å². The molecule has 1 saturated heterocycles.